The van der Waals surface area contributed by atoms with Crippen LogP contribution in [0.1, 0.15) is 15.9 Å². The molecule has 0 bridgehead atoms. The number of benzene rings is 2. The van der Waals surface area contributed by atoms with Crippen LogP contribution < -0.4 is 15.4 Å². The highest BCUT2D eigenvalue weighted by Gasteiger charge is 2.16. The molecule has 0 spiro atoms. The molecule has 21 heavy (non-hydrogen) atoms. The van der Waals surface area contributed by atoms with Crippen molar-refractivity contribution in [2.24, 2.45) is 5.73 Å². The first-order valence-electron chi connectivity index (χ1n) is 6.87. The normalized spacial score (nSPS) is 10.2. The molecule has 0 radical (unpaired) electrons. The lowest BCUT2D eigenvalue weighted by Gasteiger charge is -2.20. The van der Waals surface area contributed by atoms with Crippen LogP contribution in [-0.4, -0.2) is 26.6 Å². The molecule has 0 fully saturated rings. The molecule has 0 unspecified atom stereocenters. The predicted octanol–water partition coefficient (Wildman–Crippen LogP) is 2.47. The van der Waals surface area contributed by atoms with Gasteiger partial charge in [-0.2, -0.15) is 0 Å². The lowest BCUT2D eigenvalue weighted by atomic mass is 10.1. The van der Waals surface area contributed by atoms with Crippen LogP contribution >= 0.6 is 0 Å². The number of nitrogens with zero attached hydrogens (tertiary/aromatic N) is 1. The first-order valence-corrected chi connectivity index (χ1v) is 6.87. The summed E-state index contributed by atoms with van der Waals surface area (Å²) in [6.45, 7) is 0.569. The Morgan fingerprint density at radius 2 is 1.95 bits per heavy atom. The fraction of sp³-hybridized carbons (Fsp3) is 0.235. The van der Waals surface area contributed by atoms with Gasteiger partial charge in [0.15, 0.2) is 0 Å². The van der Waals surface area contributed by atoms with Crippen molar-refractivity contribution >= 4 is 11.6 Å². The van der Waals surface area contributed by atoms with Crippen molar-refractivity contribution in [3.63, 3.8) is 0 Å². The van der Waals surface area contributed by atoms with Gasteiger partial charge < -0.3 is 15.4 Å². The van der Waals surface area contributed by atoms with E-state index in [4.69, 9.17) is 10.5 Å². The molecule has 0 saturated heterocycles. The molecular weight excluding hydrogens is 264 g/mol. The third-order valence-electron chi connectivity index (χ3n) is 3.36. The van der Waals surface area contributed by atoms with E-state index in [1.807, 2.05) is 48.5 Å². The Hall–Kier alpha value is -2.33. The molecule has 0 aliphatic heterocycles. The minimum absolute atomic E-state index is 0.0710. The number of hydrogen-bond donors (Lipinski definition) is 1. The summed E-state index contributed by atoms with van der Waals surface area (Å²) in [6.07, 6.45) is 0.763. The molecule has 2 aromatic rings. The molecule has 2 N–H and O–H groups in total. The molecule has 1 amide bonds. The van der Waals surface area contributed by atoms with Gasteiger partial charge >= 0.3 is 0 Å². The van der Waals surface area contributed by atoms with Crippen molar-refractivity contribution < 1.29 is 9.53 Å². The largest absolute Gasteiger partial charge is 0.495 e. The minimum atomic E-state index is -0.0710. The summed E-state index contributed by atoms with van der Waals surface area (Å²) in [5, 5.41) is 0. The van der Waals surface area contributed by atoms with E-state index in [9.17, 15) is 4.79 Å². The van der Waals surface area contributed by atoms with E-state index in [0.717, 1.165) is 17.7 Å². The Bertz CT molecular complexity index is 626. The zero-order valence-corrected chi connectivity index (χ0v) is 12.4. The number of carbonyl (C=O) groups is 1. The Morgan fingerprint density at radius 3 is 2.67 bits per heavy atom. The van der Waals surface area contributed by atoms with Crippen LogP contribution in [0.4, 0.5) is 5.69 Å². The molecule has 110 valence electrons. The minimum Gasteiger partial charge on any atom is -0.495 e. The number of ether oxygens (including phenoxy) is 1. The van der Waals surface area contributed by atoms with Gasteiger partial charge in [-0.3, -0.25) is 4.79 Å². The average molecular weight is 284 g/mol. The highest BCUT2D eigenvalue weighted by Crippen LogP contribution is 2.27. The van der Waals surface area contributed by atoms with Crippen LogP contribution in [0.15, 0.2) is 48.5 Å². The van der Waals surface area contributed by atoms with E-state index in [2.05, 4.69) is 0 Å². The first-order chi connectivity index (χ1) is 10.2. The molecule has 0 aliphatic carbocycles. The number of amides is 1. The van der Waals surface area contributed by atoms with E-state index < -0.39 is 0 Å². The number of nitrogens with two attached hydrogens (primary N) is 1. The summed E-state index contributed by atoms with van der Waals surface area (Å²) in [4.78, 5) is 14.2. The molecule has 0 atom stereocenters. The van der Waals surface area contributed by atoms with Gasteiger partial charge in [0.2, 0.25) is 0 Å². The second-order valence-corrected chi connectivity index (χ2v) is 4.78. The molecule has 4 heteroatoms. The van der Waals surface area contributed by atoms with Gasteiger partial charge in [0.05, 0.1) is 12.8 Å². The van der Waals surface area contributed by atoms with Gasteiger partial charge in [0.25, 0.3) is 5.91 Å². The zero-order chi connectivity index (χ0) is 15.2. The second kappa shape index (κ2) is 6.90. The van der Waals surface area contributed by atoms with E-state index in [1.54, 1.807) is 19.1 Å². The predicted molar refractivity (Wildman–Crippen MR) is 84.9 cm³/mol. The highest BCUT2D eigenvalue weighted by atomic mass is 16.5. The molecule has 0 saturated carbocycles. The molecule has 4 nitrogen and oxygen atoms in total. The van der Waals surface area contributed by atoms with E-state index in [1.165, 1.54) is 0 Å². The topological polar surface area (TPSA) is 55.6 Å². The number of anilines is 1. The van der Waals surface area contributed by atoms with Crippen molar-refractivity contribution in [2.75, 3.05) is 25.6 Å². The zero-order valence-electron chi connectivity index (χ0n) is 12.4. The van der Waals surface area contributed by atoms with Gasteiger partial charge in [-0.15, -0.1) is 0 Å². The van der Waals surface area contributed by atoms with Crippen molar-refractivity contribution in [1.82, 2.24) is 0 Å². The lowest BCUT2D eigenvalue weighted by Crippen LogP contribution is -2.26. The number of carbonyl (C=O) groups excluding carboxylic acids is 1. The van der Waals surface area contributed by atoms with Crippen LogP contribution in [0.25, 0.3) is 0 Å². The standard InChI is InChI=1S/C17H20N2O2/c1-19(15-8-3-4-9-16(15)21-2)17(20)14-7-5-6-13(12-14)10-11-18/h3-9,12H,10-11,18H2,1-2H3. The van der Waals surface area contributed by atoms with Crippen molar-refractivity contribution in [2.45, 2.75) is 6.42 Å². The van der Waals surface area contributed by atoms with Gasteiger partial charge in [-0.25, -0.2) is 0 Å². The monoisotopic (exact) mass is 284 g/mol. The molecule has 0 aliphatic rings. The van der Waals surface area contributed by atoms with Crippen LogP contribution in [0.5, 0.6) is 5.75 Å². The Kier molecular flexibility index (Phi) is 4.95. The van der Waals surface area contributed by atoms with Gasteiger partial charge in [-0.05, 0) is 42.8 Å². The lowest BCUT2D eigenvalue weighted by molar-refractivity contribution is 0.0992. The number of para-hydroxylation sites is 2. The van der Waals surface area contributed by atoms with Crippen LogP contribution in [0.2, 0.25) is 0 Å². The van der Waals surface area contributed by atoms with Crippen molar-refractivity contribution in [3.8, 4) is 5.75 Å². The van der Waals surface area contributed by atoms with Gasteiger partial charge in [0, 0.05) is 12.6 Å². The Balaban J connectivity index is 2.28. The van der Waals surface area contributed by atoms with Gasteiger partial charge in [-0.1, -0.05) is 24.3 Å². The summed E-state index contributed by atoms with van der Waals surface area (Å²) < 4.78 is 5.30. The fourth-order valence-corrected chi connectivity index (χ4v) is 2.24. The van der Waals surface area contributed by atoms with E-state index in [0.29, 0.717) is 17.9 Å². The van der Waals surface area contributed by atoms with Crippen molar-refractivity contribution in [1.29, 1.82) is 0 Å². The highest BCUT2D eigenvalue weighted by molar-refractivity contribution is 6.06. The summed E-state index contributed by atoms with van der Waals surface area (Å²) >= 11 is 0. The third-order valence-corrected chi connectivity index (χ3v) is 3.36. The number of hydrogen-bond acceptors (Lipinski definition) is 3. The van der Waals surface area contributed by atoms with Crippen LogP contribution in [-0.2, 0) is 6.42 Å². The van der Waals surface area contributed by atoms with Crippen LogP contribution in [0, 0.1) is 0 Å². The second-order valence-electron chi connectivity index (χ2n) is 4.78. The maximum absolute atomic E-state index is 12.6. The first kappa shape index (κ1) is 15.1. The average Bonchev–Trinajstić information content (AvgIpc) is 2.54. The van der Waals surface area contributed by atoms with Crippen LogP contribution in [0.3, 0.4) is 0 Å². The van der Waals surface area contributed by atoms with Gasteiger partial charge in [0.1, 0.15) is 5.75 Å². The maximum Gasteiger partial charge on any atom is 0.258 e. The summed E-state index contributed by atoms with van der Waals surface area (Å²) in [5.74, 6) is 0.602. The number of rotatable bonds is 5. The Morgan fingerprint density at radius 1 is 1.19 bits per heavy atom. The molecule has 0 heterocycles. The summed E-state index contributed by atoms with van der Waals surface area (Å²) in [7, 11) is 3.34. The molecule has 2 rings (SSSR count). The van der Waals surface area contributed by atoms with E-state index in [-0.39, 0.29) is 5.91 Å². The maximum atomic E-state index is 12.6. The quantitative estimate of drug-likeness (QED) is 0.917. The number of methoxy groups -OCH3 is 1. The molecular formula is C17H20N2O2. The van der Waals surface area contributed by atoms with Crippen molar-refractivity contribution in [3.05, 3.63) is 59.7 Å². The summed E-state index contributed by atoms with van der Waals surface area (Å²) in [5.41, 5.74) is 8.02. The van der Waals surface area contributed by atoms with E-state index >= 15 is 0 Å². The summed E-state index contributed by atoms with van der Waals surface area (Å²) in [6, 6.07) is 15.0. The molecule has 2 aromatic carbocycles. The molecule has 0 aromatic heterocycles. The SMILES string of the molecule is COc1ccccc1N(C)C(=O)c1cccc(CCN)c1. The smallest absolute Gasteiger partial charge is 0.258 e. The Labute approximate surface area is 125 Å². The third kappa shape index (κ3) is 3.41. The fourth-order valence-electron chi connectivity index (χ4n) is 2.24.